The molecule has 1 atom stereocenters. The van der Waals surface area contributed by atoms with Crippen molar-refractivity contribution in [1.82, 2.24) is 0 Å². The Morgan fingerprint density at radius 3 is 2.62 bits per heavy atom. The van der Waals surface area contributed by atoms with Gasteiger partial charge in [-0.3, -0.25) is 4.79 Å². The van der Waals surface area contributed by atoms with Gasteiger partial charge in [-0.2, -0.15) is 0 Å². The van der Waals surface area contributed by atoms with Gasteiger partial charge in [-0.25, -0.2) is 0 Å². The van der Waals surface area contributed by atoms with Crippen LogP contribution < -0.4 is 0 Å². The van der Waals surface area contributed by atoms with Gasteiger partial charge in [0.15, 0.2) is 5.78 Å². The van der Waals surface area contributed by atoms with Crippen LogP contribution in [0.15, 0.2) is 48.5 Å². The minimum absolute atomic E-state index is 0.277. The first-order valence-electron chi connectivity index (χ1n) is 7.98. The van der Waals surface area contributed by atoms with E-state index in [0.29, 0.717) is 12.3 Å². The van der Waals surface area contributed by atoms with Gasteiger partial charge in [0, 0.05) is 12.0 Å². The van der Waals surface area contributed by atoms with Gasteiger partial charge in [-0.15, -0.1) is 0 Å². The molecule has 0 amide bonds. The number of hydrogen-bond donors (Lipinski definition) is 0. The summed E-state index contributed by atoms with van der Waals surface area (Å²) in [4.78, 5) is 12.5. The molecule has 1 unspecified atom stereocenters. The Hall–Kier alpha value is -1.89. The van der Waals surface area contributed by atoms with Crippen LogP contribution in [-0.2, 0) is 12.8 Å². The Morgan fingerprint density at radius 1 is 1.10 bits per heavy atom. The molecular formula is C20H22O. The van der Waals surface area contributed by atoms with E-state index in [2.05, 4.69) is 43.3 Å². The molecule has 0 heterocycles. The normalized spacial score (nSPS) is 17.3. The van der Waals surface area contributed by atoms with E-state index in [-0.39, 0.29) is 5.78 Å². The summed E-state index contributed by atoms with van der Waals surface area (Å²) in [5.41, 5.74) is 4.97. The Bertz CT molecular complexity index is 625. The quantitative estimate of drug-likeness (QED) is 0.724. The van der Waals surface area contributed by atoms with Crippen molar-refractivity contribution < 1.29 is 4.79 Å². The molecule has 1 aliphatic rings. The average molecular weight is 278 g/mol. The van der Waals surface area contributed by atoms with Crippen LogP contribution in [0.2, 0.25) is 0 Å². The van der Waals surface area contributed by atoms with E-state index in [9.17, 15) is 4.79 Å². The number of benzene rings is 2. The molecule has 0 spiro atoms. The van der Waals surface area contributed by atoms with Gasteiger partial charge in [0.05, 0.1) is 0 Å². The lowest BCUT2D eigenvalue weighted by Gasteiger charge is -2.25. The Morgan fingerprint density at radius 2 is 1.86 bits per heavy atom. The predicted molar refractivity (Wildman–Crippen MR) is 86.9 cm³/mol. The highest BCUT2D eigenvalue weighted by molar-refractivity contribution is 5.96. The summed E-state index contributed by atoms with van der Waals surface area (Å²) in [6.45, 7) is 2.13. The Labute approximate surface area is 127 Å². The standard InChI is InChI=1S/C20H22O/c1-2-15-10-12-17(13-11-15)20(21)14-18-8-5-7-16-6-3-4-9-19(16)18/h3-4,6,9-13,18H,2,5,7-8,14H2,1H3. The third kappa shape index (κ3) is 3.07. The van der Waals surface area contributed by atoms with Crippen LogP contribution in [0.1, 0.15) is 59.2 Å². The summed E-state index contributed by atoms with van der Waals surface area (Å²) in [7, 11) is 0. The zero-order chi connectivity index (χ0) is 14.7. The van der Waals surface area contributed by atoms with E-state index >= 15 is 0 Å². The van der Waals surface area contributed by atoms with Crippen LogP contribution in [0, 0.1) is 0 Å². The fourth-order valence-electron chi connectivity index (χ4n) is 3.33. The molecule has 0 aromatic heterocycles. The second-order valence-corrected chi connectivity index (χ2v) is 5.97. The smallest absolute Gasteiger partial charge is 0.163 e. The maximum Gasteiger partial charge on any atom is 0.163 e. The van der Waals surface area contributed by atoms with Crippen molar-refractivity contribution in [2.45, 2.75) is 44.9 Å². The number of hydrogen-bond acceptors (Lipinski definition) is 1. The molecule has 2 aromatic rings. The molecule has 0 saturated carbocycles. The third-order valence-corrected chi connectivity index (χ3v) is 4.61. The number of rotatable bonds is 4. The molecule has 3 rings (SSSR count). The van der Waals surface area contributed by atoms with E-state index in [0.717, 1.165) is 24.8 Å². The second kappa shape index (κ2) is 6.26. The van der Waals surface area contributed by atoms with Crippen molar-refractivity contribution in [2.75, 3.05) is 0 Å². The van der Waals surface area contributed by atoms with Crippen molar-refractivity contribution in [1.29, 1.82) is 0 Å². The SMILES string of the molecule is CCc1ccc(C(=O)CC2CCCc3ccccc32)cc1. The maximum absolute atomic E-state index is 12.5. The molecule has 2 aromatic carbocycles. The van der Waals surface area contributed by atoms with Crippen molar-refractivity contribution in [3.8, 4) is 0 Å². The first-order valence-corrected chi connectivity index (χ1v) is 7.98. The summed E-state index contributed by atoms with van der Waals surface area (Å²) < 4.78 is 0. The van der Waals surface area contributed by atoms with E-state index < -0.39 is 0 Å². The van der Waals surface area contributed by atoms with Crippen LogP contribution >= 0.6 is 0 Å². The van der Waals surface area contributed by atoms with Crippen molar-refractivity contribution in [3.63, 3.8) is 0 Å². The van der Waals surface area contributed by atoms with Crippen LogP contribution in [0.4, 0.5) is 0 Å². The zero-order valence-corrected chi connectivity index (χ0v) is 12.6. The first-order chi connectivity index (χ1) is 10.3. The molecule has 21 heavy (non-hydrogen) atoms. The monoisotopic (exact) mass is 278 g/mol. The molecule has 1 aliphatic carbocycles. The minimum atomic E-state index is 0.277. The number of aryl methyl sites for hydroxylation is 2. The van der Waals surface area contributed by atoms with Gasteiger partial charge in [0.1, 0.15) is 0 Å². The largest absolute Gasteiger partial charge is 0.294 e. The van der Waals surface area contributed by atoms with E-state index in [1.807, 2.05) is 12.1 Å². The summed E-state index contributed by atoms with van der Waals surface area (Å²) in [5, 5.41) is 0. The molecule has 0 fully saturated rings. The Kier molecular flexibility index (Phi) is 4.19. The van der Waals surface area contributed by atoms with Gasteiger partial charge in [-0.1, -0.05) is 55.5 Å². The van der Waals surface area contributed by atoms with Crippen LogP contribution in [0.25, 0.3) is 0 Å². The molecule has 108 valence electrons. The summed E-state index contributed by atoms with van der Waals surface area (Å²) in [6.07, 6.45) is 5.15. The minimum Gasteiger partial charge on any atom is -0.294 e. The number of carbonyl (C=O) groups is 1. The van der Waals surface area contributed by atoms with Crippen LogP contribution in [-0.4, -0.2) is 5.78 Å². The van der Waals surface area contributed by atoms with Crippen LogP contribution in [0.5, 0.6) is 0 Å². The highest BCUT2D eigenvalue weighted by atomic mass is 16.1. The molecule has 1 heteroatoms. The highest BCUT2D eigenvalue weighted by Crippen LogP contribution is 2.34. The summed E-state index contributed by atoms with van der Waals surface area (Å²) in [6, 6.07) is 16.7. The lowest BCUT2D eigenvalue weighted by molar-refractivity contribution is 0.0971. The summed E-state index contributed by atoms with van der Waals surface area (Å²) in [5.74, 6) is 0.674. The molecular weight excluding hydrogens is 256 g/mol. The number of ketones is 1. The van der Waals surface area contributed by atoms with E-state index in [1.165, 1.54) is 23.1 Å². The maximum atomic E-state index is 12.5. The van der Waals surface area contributed by atoms with E-state index in [1.54, 1.807) is 0 Å². The molecule has 0 bridgehead atoms. The highest BCUT2D eigenvalue weighted by Gasteiger charge is 2.22. The lowest BCUT2D eigenvalue weighted by Crippen LogP contribution is -2.14. The predicted octanol–water partition coefficient (Wildman–Crippen LogP) is 4.94. The van der Waals surface area contributed by atoms with Gasteiger partial charge in [0.2, 0.25) is 0 Å². The Balaban J connectivity index is 1.76. The van der Waals surface area contributed by atoms with Crippen molar-refractivity contribution >= 4 is 5.78 Å². The lowest BCUT2D eigenvalue weighted by atomic mass is 9.79. The van der Waals surface area contributed by atoms with Crippen molar-refractivity contribution in [3.05, 3.63) is 70.8 Å². The van der Waals surface area contributed by atoms with Crippen LogP contribution in [0.3, 0.4) is 0 Å². The molecule has 0 N–H and O–H groups in total. The fourth-order valence-corrected chi connectivity index (χ4v) is 3.33. The number of carbonyl (C=O) groups excluding carboxylic acids is 1. The number of Topliss-reactive ketones (excluding diaryl/α,β-unsaturated/α-hetero) is 1. The molecule has 0 radical (unpaired) electrons. The number of fused-ring (bicyclic) bond motifs is 1. The van der Waals surface area contributed by atoms with E-state index in [4.69, 9.17) is 0 Å². The zero-order valence-electron chi connectivity index (χ0n) is 12.6. The van der Waals surface area contributed by atoms with Gasteiger partial charge in [-0.05, 0) is 48.3 Å². The molecule has 0 saturated heterocycles. The fraction of sp³-hybridized carbons (Fsp3) is 0.350. The first kappa shape index (κ1) is 14.1. The topological polar surface area (TPSA) is 17.1 Å². The molecule has 1 nitrogen and oxygen atoms in total. The van der Waals surface area contributed by atoms with Gasteiger partial charge >= 0.3 is 0 Å². The average Bonchev–Trinajstić information content (AvgIpc) is 2.55. The van der Waals surface area contributed by atoms with Crippen molar-refractivity contribution in [2.24, 2.45) is 0 Å². The summed E-state index contributed by atoms with van der Waals surface area (Å²) >= 11 is 0. The van der Waals surface area contributed by atoms with Gasteiger partial charge in [0.25, 0.3) is 0 Å². The molecule has 0 aliphatic heterocycles. The van der Waals surface area contributed by atoms with Gasteiger partial charge < -0.3 is 0 Å². The third-order valence-electron chi connectivity index (χ3n) is 4.61. The second-order valence-electron chi connectivity index (χ2n) is 5.97.